The molecule has 0 saturated carbocycles. The van der Waals surface area contributed by atoms with Crippen LogP contribution in [0, 0.1) is 34.3 Å². The minimum Gasteiger partial charge on any atom is -0.398 e. The molecule has 0 aliphatic carbocycles. The number of hydrogen-bond donors (Lipinski definition) is 1. The smallest absolute Gasteiger partial charge is 0.257 e. The van der Waals surface area contributed by atoms with E-state index in [1.54, 1.807) is 12.1 Å². The number of halogens is 2. The SMILES string of the molecule is N#CCN(CC#N)C(=O)c1cc(F)c(F)cc1N. The van der Waals surface area contributed by atoms with E-state index >= 15 is 0 Å². The molecule has 0 heterocycles. The lowest BCUT2D eigenvalue weighted by Gasteiger charge is -2.16. The number of hydrogen-bond acceptors (Lipinski definition) is 4. The third-order valence-corrected chi connectivity index (χ3v) is 2.13. The van der Waals surface area contributed by atoms with E-state index < -0.39 is 17.5 Å². The standard InChI is InChI=1S/C11H8F2N4O/c12-8-5-7(10(16)6-9(8)13)11(18)17(3-1-14)4-2-15/h5-6H,3-4,16H2. The predicted molar refractivity (Wildman–Crippen MR) is 57.9 cm³/mol. The summed E-state index contributed by atoms with van der Waals surface area (Å²) in [5, 5.41) is 17.0. The molecule has 1 amide bonds. The van der Waals surface area contributed by atoms with Crippen LogP contribution in [0.3, 0.4) is 0 Å². The van der Waals surface area contributed by atoms with Crippen LogP contribution in [0.5, 0.6) is 0 Å². The van der Waals surface area contributed by atoms with Gasteiger partial charge in [0.05, 0.1) is 17.7 Å². The van der Waals surface area contributed by atoms with Gasteiger partial charge in [-0.2, -0.15) is 10.5 Å². The Morgan fingerprint density at radius 1 is 1.22 bits per heavy atom. The third-order valence-electron chi connectivity index (χ3n) is 2.13. The van der Waals surface area contributed by atoms with E-state index in [2.05, 4.69) is 0 Å². The molecule has 0 unspecified atom stereocenters. The lowest BCUT2D eigenvalue weighted by molar-refractivity contribution is 0.0795. The normalized spacial score (nSPS) is 9.33. The van der Waals surface area contributed by atoms with Crippen molar-refractivity contribution in [3.8, 4) is 12.1 Å². The first-order valence-electron chi connectivity index (χ1n) is 4.79. The minimum absolute atomic E-state index is 0.250. The van der Waals surface area contributed by atoms with Crippen molar-refractivity contribution in [3.63, 3.8) is 0 Å². The van der Waals surface area contributed by atoms with E-state index in [1.165, 1.54) is 0 Å². The van der Waals surface area contributed by atoms with E-state index in [9.17, 15) is 13.6 Å². The molecule has 0 bridgehead atoms. The zero-order chi connectivity index (χ0) is 13.7. The second kappa shape index (κ2) is 5.60. The molecule has 2 N–H and O–H groups in total. The van der Waals surface area contributed by atoms with Crippen molar-refractivity contribution >= 4 is 11.6 Å². The molecule has 0 atom stereocenters. The highest BCUT2D eigenvalue weighted by Crippen LogP contribution is 2.18. The number of nitrogens with two attached hydrogens (primary N) is 1. The molecule has 18 heavy (non-hydrogen) atoms. The van der Waals surface area contributed by atoms with Crippen LogP contribution >= 0.6 is 0 Å². The molecule has 0 spiro atoms. The first kappa shape index (κ1) is 13.4. The number of carbonyl (C=O) groups is 1. The van der Waals surface area contributed by atoms with E-state index in [0.717, 1.165) is 4.90 Å². The topological polar surface area (TPSA) is 93.9 Å². The highest BCUT2D eigenvalue weighted by atomic mass is 19.2. The van der Waals surface area contributed by atoms with Crippen molar-refractivity contribution in [2.75, 3.05) is 18.8 Å². The molecule has 5 nitrogen and oxygen atoms in total. The summed E-state index contributed by atoms with van der Waals surface area (Å²) in [6.45, 7) is -0.685. The maximum Gasteiger partial charge on any atom is 0.257 e. The molecule has 0 radical (unpaired) electrons. The van der Waals surface area contributed by atoms with Crippen molar-refractivity contribution in [1.82, 2.24) is 4.90 Å². The van der Waals surface area contributed by atoms with E-state index in [1.807, 2.05) is 0 Å². The van der Waals surface area contributed by atoms with E-state index in [0.29, 0.717) is 12.1 Å². The van der Waals surface area contributed by atoms with Gasteiger partial charge in [-0.15, -0.1) is 0 Å². The Kier molecular flexibility index (Phi) is 4.16. The molecular weight excluding hydrogens is 242 g/mol. The van der Waals surface area contributed by atoms with Crippen molar-refractivity contribution < 1.29 is 13.6 Å². The van der Waals surface area contributed by atoms with Crippen LogP contribution in [-0.2, 0) is 0 Å². The molecule has 1 aromatic rings. The summed E-state index contributed by atoms with van der Waals surface area (Å²) < 4.78 is 25.9. The first-order valence-corrected chi connectivity index (χ1v) is 4.79. The summed E-state index contributed by atoms with van der Waals surface area (Å²) in [6.07, 6.45) is 0. The Bertz CT molecular complexity index is 543. The molecule has 92 valence electrons. The van der Waals surface area contributed by atoms with Crippen LogP contribution in [0.4, 0.5) is 14.5 Å². The molecule has 7 heteroatoms. The summed E-state index contributed by atoms with van der Waals surface area (Å²) in [7, 11) is 0. The monoisotopic (exact) mass is 250 g/mol. The average Bonchev–Trinajstić information content (AvgIpc) is 2.33. The summed E-state index contributed by atoms with van der Waals surface area (Å²) in [5.41, 5.74) is 4.87. The Morgan fingerprint density at radius 2 is 1.72 bits per heavy atom. The van der Waals surface area contributed by atoms with E-state index in [4.69, 9.17) is 16.3 Å². The van der Waals surface area contributed by atoms with Gasteiger partial charge >= 0.3 is 0 Å². The van der Waals surface area contributed by atoms with Gasteiger partial charge in [0.2, 0.25) is 0 Å². The van der Waals surface area contributed by atoms with Gasteiger partial charge in [0.15, 0.2) is 11.6 Å². The Balaban J connectivity index is 3.14. The summed E-state index contributed by atoms with van der Waals surface area (Å²) >= 11 is 0. The number of nitrogens with zero attached hydrogens (tertiary/aromatic N) is 3. The van der Waals surface area contributed by atoms with Crippen molar-refractivity contribution in [1.29, 1.82) is 10.5 Å². The first-order chi connectivity index (χ1) is 8.51. The molecule has 0 aromatic heterocycles. The molecule has 0 aliphatic heterocycles. The fraction of sp³-hybridized carbons (Fsp3) is 0.182. The Hall–Kier alpha value is -2.67. The molecule has 0 aliphatic rings. The molecule has 1 rings (SSSR count). The highest BCUT2D eigenvalue weighted by Gasteiger charge is 2.20. The number of benzene rings is 1. The molecule has 1 aromatic carbocycles. The number of nitrogen functional groups attached to an aromatic ring is 1. The number of carbonyl (C=O) groups excluding carboxylic acids is 1. The van der Waals surface area contributed by atoms with Crippen molar-refractivity contribution in [2.45, 2.75) is 0 Å². The van der Waals surface area contributed by atoms with Gasteiger partial charge in [0.25, 0.3) is 5.91 Å². The van der Waals surface area contributed by atoms with Crippen LogP contribution < -0.4 is 5.73 Å². The maximum atomic E-state index is 13.0. The fourth-order valence-electron chi connectivity index (χ4n) is 1.29. The third kappa shape index (κ3) is 2.71. The van der Waals surface area contributed by atoms with Crippen molar-refractivity contribution in [2.24, 2.45) is 0 Å². The van der Waals surface area contributed by atoms with Crippen LogP contribution in [0.2, 0.25) is 0 Å². The lowest BCUT2D eigenvalue weighted by atomic mass is 10.1. The van der Waals surface area contributed by atoms with Crippen LogP contribution in [-0.4, -0.2) is 23.9 Å². The average molecular weight is 250 g/mol. The van der Waals surface area contributed by atoms with Crippen LogP contribution in [0.1, 0.15) is 10.4 Å². The number of anilines is 1. The van der Waals surface area contributed by atoms with Gasteiger partial charge in [-0.05, 0) is 6.07 Å². The number of nitriles is 2. The second-order valence-corrected chi connectivity index (χ2v) is 3.33. The molecule has 0 fully saturated rings. The fourth-order valence-corrected chi connectivity index (χ4v) is 1.29. The van der Waals surface area contributed by atoms with Gasteiger partial charge < -0.3 is 10.6 Å². The predicted octanol–water partition coefficient (Wildman–Crippen LogP) is 1.04. The van der Waals surface area contributed by atoms with Gasteiger partial charge in [-0.3, -0.25) is 4.79 Å². The number of rotatable bonds is 3. The Morgan fingerprint density at radius 3 is 2.22 bits per heavy atom. The quantitative estimate of drug-likeness (QED) is 0.640. The van der Waals surface area contributed by atoms with Gasteiger partial charge in [0, 0.05) is 11.8 Å². The highest BCUT2D eigenvalue weighted by molar-refractivity contribution is 5.99. The molecule has 0 saturated heterocycles. The maximum absolute atomic E-state index is 13.0. The lowest BCUT2D eigenvalue weighted by Crippen LogP contribution is -2.32. The van der Waals surface area contributed by atoms with Gasteiger partial charge in [-0.1, -0.05) is 0 Å². The zero-order valence-corrected chi connectivity index (χ0v) is 9.15. The summed E-state index contributed by atoms with van der Waals surface area (Å²) in [4.78, 5) is 12.7. The minimum atomic E-state index is -1.22. The van der Waals surface area contributed by atoms with E-state index in [-0.39, 0.29) is 24.3 Å². The largest absolute Gasteiger partial charge is 0.398 e. The van der Waals surface area contributed by atoms with Crippen LogP contribution in [0.15, 0.2) is 12.1 Å². The van der Waals surface area contributed by atoms with Gasteiger partial charge in [-0.25, -0.2) is 8.78 Å². The summed E-state index contributed by atoms with van der Waals surface area (Å²) in [5.74, 6) is -3.19. The molecular formula is C11H8F2N4O. The van der Waals surface area contributed by atoms with Crippen LogP contribution in [0.25, 0.3) is 0 Å². The van der Waals surface area contributed by atoms with Crippen molar-refractivity contribution in [3.05, 3.63) is 29.3 Å². The Labute approximate surface area is 102 Å². The zero-order valence-electron chi connectivity index (χ0n) is 9.15. The second-order valence-electron chi connectivity index (χ2n) is 3.33. The van der Waals surface area contributed by atoms with Gasteiger partial charge in [0.1, 0.15) is 13.1 Å². The number of amides is 1. The summed E-state index contributed by atoms with van der Waals surface area (Å²) in [6, 6.07) is 4.72.